The Morgan fingerprint density at radius 2 is 1.97 bits per heavy atom. The molecule has 6 rings (SSSR count). The number of carbonyl (C=O) groups is 1. The van der Waals surface area contributed by atoms with Gasteiger partial charge in [0.25, 0.3) is 0 Å². The van der Waals surface area contributed by atoms with Crippen LogP contribution in [0.1, 0.15) is 52.4 Å². The van der Waals surface area contributed by atoms with Crippen LogP contribution >= 0.6 is 23.1 Å². The number of nitrogens with one attached hydrogen (secondary N) is 1. The number of thiazole rings is 1. The van der Waals surface area contributed by atoms with Crippen LogP contribution in [0.15, 0.2) is 22.5 Å². The van der Waals surface area contributed by atoms with E-state index in [2.05, 4.69) is 17.2 Å². The number of hydrogen-bond acceptors (Lipinski definition) is 5. The molecule has 0 saturated heterocycles. The van der Waals surface area contributed by atoms with Crippen LogP contribution in [-0.4, -0.2) is 29.3 Å². The first-order valence-electron chi connectivity index (χ1n) is 11.0. The Bertz CT molecular complexity index is 874. The summed E-state index contributed by atoms with van der Waals surface area (Å²) in [4.78, 5) is 17.4. The number of thioether (sulfide) groups is 1. The van der Waals surface area contributed by atoms with E-state index in [1.165, 1.54) is 38.5 Å². The number of ether oxygens (including phenoxy) is 1. The van der Waals surface area contributed by atoms with Gasteiger partial charge in [0.2, 0.25) is 5.91 Å². The smallest absolute Gasteiger partial charge is 0.230 e. The summed E-state index contributed by atoms with van der Waals surface area (Å²) in [5.41, 5.74) is 1.34. The normalized spacial score (nSPS) is 31.2. The largest absolute Gasteiger partial charge is 0.494 e. The predicted molar refractivity (Wildman–Crippen MR) is 120 cm³/mol. The third-order valence-electron chi connectivity index (χ3n) is 7.36. The molecule has 1 heterocycles. The predicted octanol–water partition coefficient (Wildman–Crippen LogP) is 5.51. The second-order valence-corrected chi connectivity index (χ2v) is 11.7. The summed E-state index contributed by atoms with van der Waals surface area (Å²) in [7, 11) is 0. The zero-order valence-electron chi connectivity index (χ0n) is 17.3. The summed E-state index contributed by atoms with van der Waals surface area (Å²) in [6.45, 7) is 4.90. The van der Waals surface area contributed by atoms with Crippen LogP contribution in [-0.2, 0) is 4.79 Å². The van der Waals surface area contributed by atoms with Gasteiger partial charge in [0.05, 0.1) is 22.6 Å². The minimum absolute atomic E-state index is 0.146. The van der Waals surface area contributed by atoms with E-state index in [4.69, 9.17) is 4.74 Å². The molecule has 0 unspecified atom stereocenters. The number of carbonyl (C=O) groups excluding carboxylic acids is 1. The molecular weight excluding hydrogens is 400 g/mol. The Kier molecular flexibility index (Phi) is 5.27. The van der Waals surface area contributed by atoms with Crippen molar-refractivity contribution in [1.29, 1.82) is 0 Å². The molecule has 1 N–H and O–H groups in total. The van der Waals surface area contributed by atoms with E-state index in [1.807, 2.05) is 25.1 Å². The number of hydrogen-bond donors (Lipinski definition) is 1. The number of aromatic nitrogens is 1. The molecule has 4 saturated carbocycles. The van der Waals surface area contributed by atoms with Crippen LogP contribution in [0.3, 0.4) is 0 Å². The van der Waals surface area contributed by atoms with E-state index in [0.29, 0.717) is 17.8 Å². The van der Waals surface area contributed by atoms with Gasteiger partial charge < -0.3 is 10.1 Å². The minimum atomic E-state index is 0.146. The van der Waals surface area contributed by atoms with Crippen molar-refractivity contribution in [3.63, 3.8) is 0 Å². The maximum Gasteiger partial charge on any atom is 0.230 e. The third-order valence-corrected chi connectivity index (χ3v) is 9.52. The SMILES string of the molecule is CCOc1ccc2nc(SCC(=O)N[C@@H](C)C34CC5CC(CC(C5)C3)C4)sc2c1. The highest BCUT2D eigenvalue weighted by Gasteiger charge is 2.53. The van der Waals surface area contributed by atoms with Gasteiger partial charge in [-0.15, -0.1) is 11.3 Å². The highest BCUT2D eigenvalue weighted by molar-refractivity contribution is 8.01. The zero-order valence-corrected chi connectivity index (χ0v) is 18.9. The first kappa shape index (κ1) is 19.7. The summed E-state index contributed by atoms with van der Waals surface area (Å²) in [6, 6.07) is 6.28. The highest BCUT2D eigenvalue weighted by atomic mass is 32.2. The van der Waals surface area contributed by atoms with Crippen molar-refractivity contribution >= 4 is 39.2 Å². The second kappa shape index (κ2) is 7.77. The van der Waals surface area contributed by atoms with Crippen molar-refractivity contribution in [3.8, 4) is 5.75 Å². The second-order valence-electron chi connectivity index (χ2n) is 9.40. The fraction of sp³-hybridized carbons (Fsp3) is 0.652. The molecule has 1 aromatic carbocycles. The lowest BCUT2D eigenvalue weighted by Crippen LogP contribution is -2.56. The number of fused-ring (bicyclic) bond motifs is 1. The average molecular weight is 431 g/mol. The fourth-order valence-corrected chi connectivity index (χ4v) is 8.38. The Morgan fingerprint density at radius 1 is 1.28 bits per heavy atom. The lowest BCUT2D eigenvalue weighted by atomic mass is 9.48. The highest BCUT2D eigenvalue weighted by Crippen LogP contribution is 2.61. The maximum atomic E-state index is 12.7. The van der Waals surface area contributed by atoms with Crippen LogP contribution in [0.2, 0.25) is 0 Å². The van der Waals surface area contributed by atoms with Crippen molar-refractivity contribution in [1.82, 2.24) is 10.3 Å². The van der Waals surface area contributed by atoms with Crippen molar-refractivity contribution in [2.75, 3.05) is 12.4 Å². The minimum Gasteiger partial charge on any atom is -0.494 e. The number of rotatable bonds is 7. The molecule has 4 aliphatic rings. The van der Waals surface area contributed by atoms with Gasteiger partial charge in [-0.25, -0.2) is 4.98 Å². The Labute approximate surface area is 181 Å². The number of nitrogens with zero attached hydrogens (tertiary/aromatic N) is 1. The molecule has 0 radical (unpaired) electrons. The van der Waals surface area contributed by atoms with E-state index >= 15 is 0 Å². The van der Waals surface area contributed by atoms with Crippen molar-refractivity contribution in [2.45, 2.75) is 62.8 Å². The van der Waals surface area contributed by atoms with Gasteiger partial charge in [-0.3, -0.25) is 4.79 Å². The van der Waals surface area contributed by atoms with Gasteiger partial charge in [0, 0.05) is 6.04 Å². The Hall–Kier alpha value is -1.27. The zero-order chi connectivity index (χ0) is 20.0. The topological polar surface area (TPSA) is 51.2 Å². The summed E-state index contributed by atoms with van der Waals surface area (Å²) >= 11 is 3.18. The molecule has 0 aliphatic heterocycles. The molecule has 4 fully saturated rings. The van der Waals surface area contributed by atoms with E-state index in [1.54, 1.807) is 23.1 Å². The number of amides is 1. The van der Waals surface area contributed by atoms with Crippen molar-refractivity contribution in [3.05, 3.63) is 18.2 Å². The third kappa shape index (κ3) is 3.90. The molecule has 1 aromatic heterocycles. The Morgan fingerprint density at radius 3 is 2.62 bits per heavy atom. The molecule has 1 amide bonds. The average Bonchev–Trinajstić information content (AvgIpc) is 3.08. The molecule has 0 spiro atoms. The molecule has 6 heteroatoms. The van der Waals surface area contributed by atoms with Crippen molar-refractivity contribution in [2.24, 2.45) is 23.2 Å². The molecule has 4 nitrogen and oxygen atoms in total. The van der Waals surface area contributed by atoms with Gasteiger partial charge in [0.15, 0.2) is 4.34 Å². The summed E-state index contributed by atoms with van der Waals surface area (Å²) in [5, 5.41) is 3.36. The van der Waals surface area contributed by atoms with Gasteiger partial charge >= 0.3 is 0 Å². The Balaban J connectivity index is 1.19. The van der Waals surface area contributed by atoms with Crippen LogP contribution < -0.4 is 10.1 Å². The molecular formula is C23H30N2O2S2. The van der Waals surface area contributed by atoms with Gasteiger partial charge in [0.1, 0.15) is 5.75 Å². The summed E-state index contributed by atoms with van der Waals surface area (Å²) < 4.78 is 7.64. The first-order chi connectivity index (χ1) is 14.0. The molecule has 4 bridgehead atoms. The van der Waals surface area contributed by atoms with E-state index in [9.17, 15) is 4.79 Å². The fourth-order valence-electron chi connectivity index (χ4n) is 6.47. The molecule has 156 valence electrons. The lowest BCUT2D eigenvalue weighted by molar-refractivity contribution is -0.123. The molecule has 2 aromatic rings. The van der Waals surface area contributed by atoms with Crippen LogP contribution in [0.4, 0.5) is 0 Å². The summed E-state index contributed by atoms with van der Waals surface area (Å²) in [5.74, 6) is 4.21. The lowest BCUT2D eigenvalue weighted by Gasteiger charge is -2.59. The van der Waals surface area contributed by atoms with Gasteiger partial charge in [-0.05, 0) is 93.7 Å². The quantitative estimate of drug-likeness (QED) is 0.589. The summed E-state index contributed by atoms with van der Waals surface area (Å²) in [6.07, 6.45) is 8.31. The maximum absolute atomic E-state index is 12.7. The molecule has 29 heavy (non-hydrogen) atoms. The van der Waals surface area contributed by atoms with E-state index < -0.39 is 0 Å². The van der Waals surface area contributed by atoms with Crippen LogP contribution in [0, 0.1) is 23.2 Å². The van der Waals surface area contributed by atoms with Gasteiger partial charge in [-0.2, -0.15) is 0 Å². The van der Waals surface area contributed by atoms with E-state index in [0.717, 1.165) is 38.1 Å². The number of benzene rings is 1. The van der Waals surface area contributed by atoms with Crippen molar-refractivity contribution < 1.29 is 9.53 Å². The monoisotopic (exact) mass is 430 g/mol. The standard InChI is InChI=1S/C23H30N2O2S2/c1-3-27-18-4-5-19-20(9-18)29-22(25-19)28-13-21(26)24-14(2)23-10-15-6-16(11-23)8-17(7-15)12-23/h4-5,9,14-17H,3,6-8,10-13H2,1-2H3,(H,24,26)/t14-,15?,16?,17?,23?/m0/s1. The van der Waals surface area contributed by atoms with Crippen LogP contribution in [0.25, 0.3) is 10.2 Å². The van der Waals surface area contributed by atoms with Crippen LogP contribution in [0.5, 0.6) is 5.75 Å². The molecule has 4 aliphatic carbocycles. The first-order valence-corrected chi connectivity index (χ1v) is 12.8. The van der Waals surface area contributed by atoms with E-state index in [-0.39, 0.29) is 11.9 Å². The van der Waals surface area contributed by atoms with Gasteiger partial charge in [-0.1, -0.05) is 11.8 Å². The molecule has 1 atom stereocenters.